The molecule has 0 radical (unpaired) electrons. The lowest BCUT2D eigenvalue weighted by Crippen LogP contribution is -2.51. The molecule has 1 aliphatic rings. The molecule has 1 fully saturated rings. The van der Waals surface area contributed by atoms with E-state index >= 15 is 0 Å². The number of hydrogen-bond donors (Lipinski definition) is 2. The maximum absolute atomic E-state index is 4.81. The predicted molar refractivity (Wildman–Crippen MR) is 131 cm³/mol. The lowest BCUT2D eigenvalue weighted by atomic mass is 10.1. The number of nitrogens with one attached hydrogen (secondary N) is 2. The first-order valence-electron chi connectivity index (χ1n) is 9.58. The Kier molecular flexibility index (Phi) is 9.07. The van der Waals surface area contributed by atoms with Crippen molar-refractivity contribution in [2.45, 2.75) is 39.3 Å². The topological polar surface area (TPSA) is 57.5 Å². The minimum atomic E-state index is 0. The van der Waals surface area contributed by atoms with Gasteiger partial charge < -0.3 is 15.5 Å². The quantitative estimate of drug-likeness (QED) is 0.331. The Morgan fingerprint density at radius 1 is 1.39 bits per heavy atom. The van der Waals surface area contributed by atoms with E-state index in [2.05, 4.69) is 74.8 Å². The van der Waals surface area contributed by atoms with Crippen LogP contribution in [0.3, 0.4) is 0 Å². The molecule has 6 nitrogen and oxygen atoms in total. The SMILES string of the molecule is CCNC(=NCc1ccc(Br)cc1C)NC1CCCN(c2cnn(C)c2)C1.I. The Labute approximate surface area is 193 Å². The lowest BCUT2D eigenvalue weighted by Gasteiger charge is -2.34. The fourth-order valence-electron chi connectivity index (χ4n) is 3.42. The van der Waals surface area contributed by atoms with E-state index in [1.807, 2.05) is 17.9 Å². The van der Waals surface area contributed by atoms with Crippen LogP contribution >= 0.6 is 39.9 Å². The van der Waals surface area contributed by atoms with Crippen LogP contribution < -0.4 is 15.5 Å². The average Bonchev–Trinajstić information content (AvgIpc) is 3.08. The van der Waals surface area contributed by atoms with Crippen LogP contribution in [0.5, 0.6) is 0 Å². The van der Waals surface area contributed by atoms with Gasteiger partial charge in [0.2, 0.25) is 0 Å². The van der Waals surface area contributed by atoms with Crippen molar-refractivity contribution < 1.29 is 0 Å². The number of halogens is 2. The van der Waals surface area contributed by atoms with Gasteiger partial charge >= 0.3 is 0 Å². The summed E-state index contributed by atoms with van der Waals surface area (Å²) in [5, 5.41) is 11.3. The van der Waals surface area contributed by atoms with Gasteiger partial charge in [0.05, 0.1) is 18.4 Å². The molecular formula is C20H30BrIN6. The van der Waals surface area contributed by atoms with E-state index < -0.39 is 0 Å². The summed E-state index contributed by atoms with van der Waals surface area (Å²) in [6.45, 7) is 7.80. The molecule has 1 atom stereocenters. The van der Waals surface area contributed by atoms with Gasteiger partial charge in [-0.2, -0.15) is 5.10 Å². The standard InChI is InChI=1S/C20H29BrN6.HI/c1-4-22-20(23-11-16-7-8-17(21)10-15(16)2)25-18-6-5-9-27(13-18)19-12-24-26(3)14-19;/h7-8,10,12,14,18H,4-6,9,11,13H2,1-3H3,(H2,22,23,25);1H. The highest BCUT2D eigenvalue weighted by Crippen LogP contribution is 2.19. The minimum absolute atomic E-state index is 0. The summed E-state index contributed by atoms with van der Waals surface area (Å²) >= 11 is 3.52. The van der Waals surface area contributed by atoms with Crippen LogP contribution in [0.1, 0.15) is 30.9 Å². The second-order valence-corrected chi connectivity index (χ2v) is 7.98. The number of aryl methyl sites for hydroxylation is 2. The number of aromatic nitrogens is 2. The highest BCUT2D eigenvalue weighted by Gasteiger charge is 2.21. The molecule has 1 aromatic carbocycles. The molecule has 2 heterocycles. The molecule has 1 unspecified atom stereocenters. The summed E-state index contributed by atoms with van der Waals surface area (Å²) in [5.41, 5.74) is 3.69. The molecule has 28 heavy (non-hydrogen) atoms. The van der Waals surface area contributed by atoms with Crippen molar-refractivity contribution in [3.8, 4) is 0 Å². The molecule has 3 rings (SSSR count). The summed E-state index contributed by atoms with van der Waals surface area (Å²) < 4.78 is 2.97. The summed E-state index contributed by atoms with van der Waals surface area (Å²) in [6.07, 6.45) is 6.34. The van der Waals surface area contributed by atoms with Crippen LogP contribution in [-0.4, -0.2) is 41.4 Å². The molecule has 1 aromatic heterocycles. The first kappa shape index (κ1) is 23.0. The van der Waals surface area contributed by atoms with Gasteiger partial charge in [-0.15, -0.1) is 24.0 Å². The second kappa shape index (κ2) is 11.0. The van der Waals surface area contributed by atoms with Crippen LogP contribution in [0.15, 0.2) is 40.1 Å². The van der Waals surface area contributed by atoms with E-state index in [0.29, 0.717) is 12.6 Å². The summed E-state index contributed by atoms with van der Waals surface area (Å²) in [5.74, 6) is 0.887. The highest BCUT2D eigenvalue weighted by molar-refractivity contribution is 14.0. The molecule has 2 aromatic rings. The zero-order valence-electron chi connectivity index (χ0n) is 16.8. The van der Waals surface area contributed by atoms with Crippen molar-refractivity contribution in [3.05, 3.63) is 46.2 Å². The molecular weight excluding hydrogens is 531 g/mol. The number of piperidine rings is 1. The Bertz CT molecular complexity index is 791. The molecule has 2 N–H and O–H groups in total. The van der Waals surface area contributed by atoms with Gasteiger partial charge in [-0.25, -0.2) is 4.99 Å². The number of aliphatic imine (C=N–C) groups is 1. The fourth-order valence-corrected chi connectivity index (χ4v) is 3.89. The van der Waals surface area contributed by atoms with Crippen molar-refractivity contribution in [3.63, 3.8) is 0 Å². The largest absolute Gasteiger partial charge is 0.367 e. The zero-order valence-corrected chi connectivity index (χ0v) is 20.7. The third kappa shape index (κ3) is 6.37. The van der Waals surface area contributed by atoms with Gasteiger partial charge in [-0.1, -0.05) is 22.0 Å². The average molecular weight is 561 g/mol. The van der Waals surface area contributed by atoms with E-state index in [1.54, 1.807) is 0 Å². The molecule has 8 heteroatoms. The van der Waals surface area contributed by atoms with E-state index in [1.165, 1.54) is 16.8 Å². The van der Waals surface area contributed by atoms with E-state index in [-0.39, 0.29) is 24.0 Å². The molecule has 154 valence electrons. The van der Waals surface area contributed by atoms with Crippen molar-refractivity contribution >= 4 is 51.6 Å². The second-order valence-electron chi connectivity index (χ2n) is 7.07. The number of hydrogen-bond acceptors (Lipinski definition) is 3. The van der Waals surface area contributed by atoms with Gasteiger partial charge in [0.1, 0.15) is 0 Å². The Hall–Kier alpha value is -1.29. The molecule has 1 saturated heterocycles. The summed E-state index contributed by atoms with van der Waals surface area (Å²) in [7, 11) is 1.96. The van der Waals surface area contributed by atoms with Crippen LogP contribution in [-0.2, 0) is 13.6 Å². The van der Waals surface area contributed by atoms with Crippen LogP contribution in [0.2, 0.25) is 0 Å². The first-order chi connectivity index (χ1) is 13.0. The Balaban J connectivity index is 0.00000280. The zero-order chi connectivity index (χ0) is 19.2. The molecule has 0 saturated carbocycles. The van der Waals surface area contributed by atoms with Crippen molar-refractivity contribution in [1.82, 2.24) is 20.4 Å². The smallest absolute Gasteiger partial charge is 0.191 e. The normalized spacial score (nSPS) is 17.2. The lowest BCUT2D eigenvalue weighted by molar-refractivity contribution is 0.468. The molecule has 1 aliphatic heterocycles. The van der Waals surface area contributed by atoms with Gasteiger partial charge in [0, 0.05) is 43.4 Å². The van der Waals surface area contributed by atoms with E-state index in [0.717, 1.165) is 42.9 Å². The Morgan fingerprint density at radius 2 is 2.21 bits per heavy atom. The van der Waals surface area contributed by atoms with E-state index in [4.69, 9.17) is 4.99 Å². The summed E-state index contributed by atoms with van der Waals surface area (Å²) in [6, 6.07) is 6.73. The first-order valence-corrected chi connectivity index (χ1v) is 10.4. The van der Waals surface area contributed by atoms with Crippen molar-refractivity contribution in [1.29, 1.82) is 0 Å². The highest BCUT2D eigenvalue weighted by atomic mass is 127. The maximum Gasteiger partial charge on any atom is 0.191 e. The van der Waals surface area contributed by atoms with Gasteiger partial charge in [-0.3, -0.25) is 4.68 Å². The van der Waals surface area contributed by atoms with Gasteiger partial charge in [0.25, 0.3) is 0 Å². The number of rotatable bonds is 5. The third-order valence-corrected chi connectivity index (χ3v) is 5.37. The Morgan fingerprint density at radius 3 is 2.89 bits per heavy atom. The monoisotopic (exact) mass is 560 g/mol. The maximum atomic E-state index is 4.81. The number of guanidine groups is 1. The molecule has 0 bridgehead atoms. The van der Waals surface area contributed by atoms with Gasteiger partial charge in [-0.05, 0) is 49.9 Å². The fraction of sp³-hybridized carbons (Fsp3) is 0.500. The van der Waals surface area contributed by atoms with Crippen LogP contribution in [0.4, 0.5) is 5.69 Å². The van der Waals surface area contributed by atoms with Crippen molar-refractivity contribution in [2.24, 2.45) is 12.0 Å². The van der Waals surface area contributed by atoms with Crippen LogP contribution in [0.25, 0.3) is 0 Å². The van der Waals surface area contributed by atoms with E-state index in [9.17, 15) is 0 Å². The summed E-state index contributed by atoms with van der Waals surface area (Å²) in [4.78, 5) is 7.21. The molecule has 0 amide bonds. The number of nitrogens with zero attached hydrogens (tertiary/aromatic N) is 4. The predicted octanol–water partition coefficient (Wildman–Crippen LogP) is 3.83. The minimum Gasteiger partial charge on any atom is -0.367 e. The number of benzene rings is 1. The molecule has 0 spiro atoms. The number of anilines is 1. The van der Waals surface area contributed by atoms with Crippen molar-refractivity contribution in [2.75, 3.05) is 24.5 Å². The van der Waals surface area contributed by atoms with Gasteiger partial charge in [0.15, 0.2) is 5.96 Å². The molecule has 0 aliphatic carbocycles. The van der Waals surface area contributed by atoms with Crippen LogP contribution in [0, 0.1) is 6.92 Å². The third-order valence-electron chi connectivity index (χ3n) is 4.88.